The Balaban J connectivity index is 1.34. The molecule has 6 nitrogen and oxygen atoms in total. The maximum atomic E-state index is 12.5. The largest absolute Gasteiger partial charge is 0.342 e. The Morgan fingerprint density at radius 3 is 1.79 bits per heavy atom. The SMILES string of the molecule is CN1CCN(CC(=O)N2CCC(CN3CCN(C)CC3)CC2)CC1. The van der Waals surface area contributed by atoms with Crippen LogP contribution in [0, 0.1) is 5.92 Å². The molecule has 0 N–H and O–H groups in total. The Kier molecular flexibility index (Phi) is 6.49. The number of rotatable bonds is 4. The molecule has 3 aliphatic heterocycles. The van der Waals surface area contributed by atoms with Gasteiger partial charge in [0, 0.05) is 72.0 Å². The van der Waals surface area contributed by atoms with Crippen LogP contribution >= 0.6 is 0 Å². The smallest absolute Gasteiger partial charge is 0.236 e. The Labute approximate surface area is 147 Å². The maximum absolute atomic E-state index is 12.5. The van der Waals surface area contributed by atoms with E-state index in [2.05, 4.69) is 38.6 Å². The quantitative estimate of drug-likeness (QED) is 0.705. The molecule has 0 spiro atoms. The van der Waals surface area contributed by atoms with Crippen molar-refractivity contribution in [1.82, 2.24) is 24.5 Å². The van der Waals surface area contributed by atoms with Gasteiger partial charge in [-0.2, -0.15) is 0 Å². The molecule has 3 heterocycles. The Morgan fingerprint density at radius 1 is 0.750 bits per heavy atom. The predicted octanol–water partition coefficient (Wildman–Crippen LogP) is -0.280. The van der Waals surface area contributed by atoms with Crippen molar-refractivity contribution < 1.29 is 4.79 Å². The molecular formula is C18H35N5O. The normalized spacial score (nSPS) is 26.8. The number of likely N-dealkylation sites (tertiary alicyclic amines) is 1. The molecule has 3 rings (SSSR count). The average Bonchev–Trinajstić information content (AvgIpc) is 2.59. The summed E-state index contributed by atoms with van der Waals surface area (Å²) < 4.78 is 0. The third-order valence-corrected chi connectivity index (χ3v) is 6.03. The number of likely N-dealkylation sites (N-methyl/N-ethyl adjacent to an activating group) is 2. The van der Waals surface area contributed by atoms with Crippen molar-refractivity contribution in [2.45, 2.75) is 12.8 Å². The minimum Gasteiger partial charge on any atom is -0.342 e. The number of piperazine rings is 2. The second kappa shape index (κ2) is 8.61. The van der Waals surface area contributed by atoms with Crippen molar-refractivity contribution in [2.75, 3.05) is 92.6 Å². The first-order valence-corrected chi connectivity index (χ1v) is 9.70. The number of hydrogen-bond donors (Lipinski definition) is 0. The number of carbonyl (C=O) groups is 1. The summed E-state index contributed by atoms with van der Waals surface area (Å²) in [6, 6.07) is 0. The number of nitrogens with zero attached hydrogens (tertiary/aromatic N) is 5. The average molecular weight is 338 g/mol. The van der Waals surface area contributed by atoms with Crippen LogP contribution in [0.2, 0.25) is 0 Å². The summed E-state index contributed by atoms with van der Waals surface area (Å²) in [5.74, 6) is 1.12. The summed E-state index contributed by atoms with van der Waals surface area (Å²) in [6.07, 6.45) is 2.36. The second-order valence-corrected chi connectivity index (χ2v) is 8.01. The molecule has 0 aliphatic carbocycles. The van der Waals surface area contributed by atoms with Crippen LogP contribution < -0.4 is 0 Å². The monoisotopic (exact) mass is 337 g/mol. The van der Waals surface area contributed by atoms with Crippen LogP contribution in [-0.4, -0.2) is 123 Å². The third kappa shape index (κ3) is 5.15. The first kappa shape index (κ1) is 18.1. The van der Waals surface area contributed by atoms with Crippen LogP contribution in [0.5, 0.6) is 0 Å². The van der Waals surface area contributed by atoms with E-state index < -0.39 is 0 Å². The molecule has 0 aromatic heterocycles. The zero-order valence-corrected chi connectivity index (χ0v) is 15.6. The van der Waals surface area contributed by atoms with Gasteiger partial charge >= 0.3 is 0 Å². The molecule has 138 valence electrons. The van der Waals surface area contributed by atoms with Crippen LogP contribution in [0.25, 0.3) is 0 Å². The van der Waals surface area contributed by atoms with E-state index in [4.69, 9.17) is 0 Å². The van der Waals surface area contributed by atoms with Gasteiger partial charge in [0.1, 0.15) is 0 Å². The van der Waals surface area contributed by atoms with Gasteiger partial charge in [0.25, 0.3) is 0 Å². The fourth-order valence-electron chi connectivity index (χ4n) is 4.06. The van der Waals surface area contributed by atoms with E-state index in [1.54, 1.807) is 0 Å². The maximum Gasteiger partial charge on any atom is 0.236 e. The molecule has 0 bridgehead atoms. The van der Waals surface area contributed by atoms with Gasteiger partial charge in [0.05, 0.1) is 6.54 Å². The van der Waals surface area contributed by atoms with E-state index in [-0.39, 0.29) is 0 Å². The Morgan fingerprint density at radius 2 is 1.25 bits per heavy atom. The summed E-state index contributed by atoms with van der Waals surface area (Å²) in [7, 11) is 4.37. The van der Waals surface area contributed by atoms with Crippen LogP contribution in [0.4, 0.5) is 0 Å². The van der Waals surface area contributed by atoms with E-state index >= 15 is 0 Å². The molecule has 24 heavy (non-hydrogen) atoms. The molecule has 1 amide bonds. The van der Waals surface area contributed by atoms with Gasteiger partial charge in [-0.3, -0.25) is 9.69 Å². The van der Waals surface area contributed by atoms with Gasteiger partial charge in [-0.1, -0.05) is 0 Å². The van der Waals surface area contributed by atoms with Crippen LogP contribution in [0.15, 0.2) is 0 Å². The summed E-state index contributed by atoms with van der Waals surface area (Å²) in [4.78, 5) is 24.3. The van der Waals surface area contributed by atoms with Crippen molar-refractivity contribution in [1.29, 1.82) is 0 Å². The number of amides is 1. The van der Waals surface area contributed by atoms with Gasteiger partial charge in [-0.25, -0.2) is 0 Å². The lowest BCUT2D eigenvalue weighted by Crippen LogP contribution is -2.51. The summed E-state index contributed by atoms with van der Waals surface area (Å²) in [6.45, 7) is 12.8. The lowest BCUT2D eigenvalue weighted by atomic mass is 9.96. The van der Waals surface area contributed by atoms with E-state index in [9.17, 15) is 4.79 Å². The van der Waals surface area contributed by atoms with E-state index in [1.807, 2.05) is 0 Å². The van der Waals surface area contributed by atoms with E-state index in [1.165, 1.54) is 45.6 Å². The van der Waals surface area contributed by atoms with Crippen molar-refractivity contribution in [2.24, 2.45) is 5.92 Å². The zero-order valence-electron chi connectivity index (χ0n) is 15.6. The number of piperidine rings is 1. The van der Waals surface area contributed by atoms with Gasteiger partial charge < -0.3 is 19.6 Å². The molecule has 0 aromatic carbocycles. The summed E-state index contributed by atoms with van der Waals surface area (Å²) in [5.41, 5.74) is 0. The molecule has 3 saturated heterocycles. The number of carbonyl (C=O) groups excluding carboxylic acids is 1. The number of hydrogen-bond acceptors (Lipinski definition) is 5. The highest BCUT2D eigenvalue weighted by Crippen LogP contribution is 2.19. The minimum atomic E-state index is 0.345. The van der Waals surface area contributed by atoms with Gasteiger partial charge in [-0.15, -0.1) is 0 Å². The molecule has 0 unspecified atom stereocenters. The molecule has 0 atom stereocenters. The molecule has 0 radical (unpaired) electrons. The van der Waals surface area contributed by atoms with Crippen molar-refractivity contribution in [3.05, 3.63) is 0 Å². The fraction of sp³-hybridized carbons (Fsp3) is 0.944. The lowest BCUT2D eigenvalue weighted by molar-refractivity contribution is -0.134. The molecule has 0 saturated carbocycles. The van der Waals surface area contributed by atoms with Crippen LogP contribution in [-0.2, 0) is 4.79 Å². The van der Waals surface area contributed by atoms with E-state index in [0.29, 0.717) is 12.5 Å². The molecule has 0 aromatic rings. The molecule has 3 aliphatic rings. The van der Waals surface area contributed by atoms with E-state index in [0.717, 1.165) is 45.2 Å². The van der Waals surface area contributed by atoms with Crippen molar-refractivity contribution in [3.63, 3.8) is 0 Å². The Bertz CT molecular complexity index is 394. The standard InChI is InChI=1S/C18H35N5O/c1-19-7-11-21(12-8-19)15-17-3-5-23(6-4-17)18(24)16-22-13-9-20(2)10-14-22/h17H,3-16H2,1-2H3. The Hall–Kier alpha value is -0.690. The molecular weight excluding hydrogens is 302 g/mol. The third-order valence-electron chi connectivity index (χ3n) is 6.03. The predicted molar refractivity (Wildman–Crippen MR) is 97.2 cm³/mol. The van der Waals surface area contributed by atoms with Crippen molar-refractivity contribution >= 4 is 5.91 Å². The lowest BCUT2D eigenvalue weighted by Gasteiger charge is -2.39. The highest BCUT2D eigenvalue weighted by molar-refractivity contribution is 5.78. The highest BCUT2D eigenvalue weighted by Gasteiger charge is 2.26. The topological polar surface area (TPSA) is 33.3 Å². The second-order valence-electron chi connectivity index (χ2n) is 8.01. The van der Waals surface area contributed by atoms with Crippen LogP contribution in [0.1, 0.15) is 12.8 Å². The van der Waals surface area contributed by atoms with Gasteiger partial charge in [-0.05, 0) is 32.9 Å². The van der Waals surface area contributed by atoms with Crippen LogP contribution in [0.3, 0.4) is 0 Å². The van der Waals surface area contributed by atoms with Gasteiger partial charge in [0.2, 0.25) is 5.91 Å². The molecule has 6 heteroatoms. The summed E-state index contributed by atoms with van der Waals surface area (Å²) in [5, 5.41) is 0. The first-order chi connectivity index (χ1) is 11.6. The van der Waals surface area contributed by atoms with Gasteiger partial charge in [0.15, 0.2) is 0 Å². The first-order valence-electron chi connectivity index (χ1n) is 9.70. The fourth-order valence-corrected chi connectivity index (χ4v) is 4.06. The zero-order chi connectivity index (χ0) is 16.9. The van der Waals surface area contributed by atoms with Crippen molar-refractivity contribution in [3.8, 4) is 0 Å². The highest BCUT2D eigenvalue weighted by atomic mass is 16.2. The minimum absolute atomic E-state index is 0.345. The summed E-state index contributed by atoms with van der Waals surface area (Å²) >= 11 is 0. The molecule has 3 fully saturated rings.